The van der Waals surface area contributed by atoms with E-state index in [9.17, 15) is 4.79 Å². The van der Waals surface area contributed by atoms with Crippen LogP contribution in [0.1, 0.15) is 5.56 Å². The predicted molar refractivity (Wildman–Crippen MR) is 114 cm³/mol. The molecule has 1 unspecified atom stereocenters. The summed E-state index contributed by atoms with van der Waals surface area (Å²) in [4.78, 5) is 27.8. The topological polar surface area (TPSA) is 102 Å². The third kappa shape index (κ3) is 4.32. The Balaban J connectivity index is 1.35. The molecule has 1 fully saturated rings. The van der Waals surface area contributed by atoms with Crippen LogP contribution in [0.2, 0.25) is 0 Å². The maximum atomic E-state index is 12.6. The highest BCUT2D eigenvalue weighted by Gasteiger charge is 2.30. The number of carbonyl (C=O) groups is 1. The third-order valence-electron chi connectivity index (χ3n) is 5.20. The first kappa shape index (κ1) is 19.4. The standard InChI is InChI=1S/C22H22N6O3/c29-20-21(27-22-24-8-6-17(26-22)15-4-2-7-23-13-15)31-19-16(3-1-5-18(19)25-20)14-28-9-11-30-12-10-28/h1-8,13,21H,9-12,14H2,(H,25,29)(H,24,26,27). The molecular formula is C22H22N6O3. The number of pyridine rings is 1. The Bertz CT molecular complexity index is 1070. The van der Waals surface area contributed by atoms with Gasteiger partial charge in [-0.1, -0.05) is 12.1 Å². The molecule has 2 aliphatic heterocycles. The van der Waals surface area contributed by atoms with Crippen molar-refractivity contribution in [3.05, 3.63) is 60.6 Å². The largest absolute Gasteiger partial charge is 0.459 e. The van der Waals surface area contributed by atoms with Crippen LogP contribution in [-0.4, -0.2) is 58.3 Å². The van der Waals surface area contributed by atoms with E-state index in [0.29, 0.717) is 23.1 Å². The fourth-order valence-corrected chi connectivity index (χ4v) is 3.63. The number of carbonyl (C=O) groups excluding carboxylic acids is 1. The summed E-state index contributed by atoms with van der Waals surface area (Å²) < 4.78 is 11.5. The van der Waals surface area contributed by atoms with E-state index in [1.807, 2.05) is 30.3 Å². The summed E-state index contributed by atoms with van der Waals surface area (Å²) in [5, 5.41) is 5.92. The Morgan fingerprint density at radius 3 is 2.87 bits per heavy atom. The number of aromatic nitrogens is 3. The average Bonchev–Trinajstić information content (AvgIpc) is 2.81. The SMILES string of the molecule is O=C1Nc2cccc(CN3CCOCC3)c2OC1Nc1nccc(-c2cccnc2)n1. The van der Waals surface area contributed by atoms with E-state index in [2.05, 4.69) is 30.5 Å². The van der Waals surface area contributed by atoms with Gasteiger partial charge in [0.15, 0.2) is 5.75 Å². The first-order chi connectivity index (χ1) is 15.3. The van der Waals surface area contributed by atoms with Crippen LogP contribution in [0.5, 0.6) is 5.75 Å². The summed E-state index contributed by atoms with van der Waals surface area (Å²) in [6, 6.07) is 11.3. The highest BCUT2D eigenvalue weighted by Crippen LogP contribution is 2.34. The molecule has 9 nitrogen and oxygen atoms in total. The minimum atomic E-state index is -0.942. The molecule has 0 bridgehead atoms. The van der Waals surface area contributed by atoms with E-state index in [1.54, 1.807) is 24.7 Å². The molecule has 0 radical (unpaired) electrons. The van der Waals surface area contributed by atoms with Crippen molar-refractivity contribution >= 4 is 17.5 Å². The molecule has 2 N–H and O–H groups in total. The van der Waals surface area contributed by atoms with Gasteiger partial charge in [0.2, 0.25) is 5.95 Å². The normalized spacial score (nSPS) is 18.6. The summed E-state index contributed by atoms with van der Waals surface area (Å²) in [5.41, 5.74) is 3.24. The van der Waals surface area contributed by atoms with E-state index < -0.39 is 6.23 Å². The van der Waals surface area contributed by atoms with Crippen molar-refractivity contribution in [2.45, 2.75) is 12.8 Å². The molecule has 158 valence electrons. The van der Waals surface area contributed by atoms with Gasteiger partial charge in [-0.3, -0.25) is 14.7 Å². The van der Waals surface area contributed by atoms with Crippen LogP contribution in [0.4, 0.5) is 11.6 Å². The summed E-state index contributed by atoms with van der Waals surface area (Å²) in [5.74, 6) is 0.663. The number of fused-ring (bicyclic) bond motifs is 1. The second kappa shape index (κ2) is 8.66. The van der Waals surface area contributed by atoms with Crippen molar-refractivity contribution in [1.29, 1.82) is 0 Å². The molecular weight excluding hydrogens is 396 g/mol. The highest BCUT2D eigenvalue weighted by molar-refractivity contribution is 5.99. The summed E-state index contributed by atoms with van der Waals surface area (Å²) >= 11 is 0. The number of anilines is 2. The molecule has 31 heavy (non-hydrogen) atoms. The second-order valence-electron chi connectivity index (χ2n) is 7.32. The van der Waals surface area contributed by atoms with Crippen LogP contribution >= 0.6 is 0 Å². The molecule has 1 saturated heterocycles. The lowest BCUT2D eigenvalue weighted by Crippen LogP contribution is -2.43. The first-order valence-electron chi connectivity index (χ1n) is 10.2. The molecule has 0 spiro atoms. The van der Waals surface area contributed by atoms with Gasteiger partial charge in [-0.15, -0.1) is 0 Å². The lowest BCUT2D eigenvalue weighted by Gasteiger charge is -2.31. The molecule has 0 saturated carbocycles. The van der Waals surface area contributed by atoms with E-state index in [0.717, 1.165) is 44.0 Å². The maximum Gasteiger partial charge on any atom is 0.287 e. The van der Waals surface area contributed by atoms with Crippen LogP contribution in [-0.2, 0) is 16.1 Å². The minimum absolute atomic E-state index is 0.300. The average molecular weight is 418 g/mol. The Kier molecular flexibility index (Phi) is 5.42. The van der Waals surface area contributed by atoms with Crippen molar-refractivity contribution in [2.75, 3.05) is 36.9 Å². The van der Waals surface area contributed by atoms with E-state index in [4.69, 9.17) is 9.47 Å². The molecule has 2 aromatic heterocycles. The van der Waals surface area contributed by atoms with Crippen LogP contribution in [0.15, 0.2) is 55.0 Å². The number of morpholine rings is 1. The fraction of sp³-hybridized carbons (Fsp3) is 0.273. The van der Waals surface area contributed by atoms with Crippen molar-refractivity contribution in [2.24, 2.45) is 0 Å². The lowest BCUT2D eigenvalue weighted by molar-refractivity contribution is -0.122. The van der Waals surface area contributed by atoms with E-state index >= 15 is 0 Å². The van der Waals surface area contributed by atoms with Gasteiger partial charge in [-0.25, -0.2) is 9.97 Å². The van der Waals surface area contributed by atoms with E-state index in [-0.39, 0.29) is 5.91 Å². The van der Waals surface area contributed by atoms with Crippen LogP contribution in [0.25, 0.3) is 11.3 Å². The number of nitrogens with zero attached hydrogens (tertiary/aromatic N) is 4. The highest BCUT2D eigenvalue weighted by atomic mass is 16.5. The van der Waals surface area contributed by atoms with Crippen molar-refractivity contribution in [3.63, 3.8) is 0 Å². The molecule has 5 rings (SSSR count). The monoisotopic (exact) mass is 418 g/mol. The molecule has 9 heteroatoms. The molecule has 0 aliphatic carbocycles. The number of rotatable bonds is 5. The third-order valence-corrected chi connectivity index (χ3v) is 5.20. The van der Waals surface area contributed by atoms with Crippen LogP contribution in [0, 0.1) is 0 Å². The number of benzene rings is 1. The molecule has 1 aromatic carbocycles. The molecule has 2 aliphatic rings. The zero-order valence-electron chi connectivity index (χ0n) is 16.8. The van der Waals surface area contributed by atoms with Gasteiger partial charge in [0.05, 0.1) is 24.6 Å². The Labute approximate surface area is 179 Å². The lowest BCUT2D eigenvalue weighted by atomic mass is 10.1. The molecule has 4 heterocycles. The number of hydrogen-bond donors (Lipinski definition) is 2. The van der Waals surface area contributed by atoms with Gasteiger partial charge in [0.1, 0.15) is 0 Å². The summed E-state index contributed by atoms with van der Waals surface area (Å²) in [6.45, 7) is 3.91. The van der Waals surface area contributed by atoms with Crippen molar-refractivity contribution < 1.29 is 14.3 Å². The Hall–Kier alpha value is -3.56. The Morgan fingerprint density at radius 2 is 2.03 bits per heavy atom. The molecule has 1 atom stereocenters. The first-order valence-corrected chi connectivity index (χ1v) is 10.2. The van der Waals surface area contributed by atoms with Gasteiger partial charge >= 0.3 is 0 Å². The number of nitrogens with one attached hydrogen (secondary N) is 2. The molecule has 1 amide bonds. The van der Waals surface area contributed by atoms with Gasteiger partial charge in [0, 0.05) is 49.4 Å². The Morgan fingerprint density at radius 1 is 1.13 bits per heavy atom. The summed E-state index contributed by atoms with van der Waals surface area (Å²) in [6.07, 6.45) is 4.12. The zero-order chi connectivity index (χ0) is 21.0. The number of ether oxygens (including phenoxy) is 2. The predicted octanol–water partition coefficient (Wildman–Crippen LogP) is 2.14. The van der Waals surface area contributed by atoms with Crippen LogP contribution in [0.3, 0.4) is 0 Å². The molecule has 3 aromatic rings. The van der Waals surface area contributed by atoms with Gasteiger partial charge in [0.25, 0.3) is 12.1 Å². The van der Waals surface area contributed by atoms with Gasteiger partial charge < -0.3 is 20.1 Å². The van der Waals surface area contributed by atoms with Gasteiger partial charge in [-0.05, 0) is 24.3 Å². The van der Waals surface area contributed by atoms with Crippen molar-refractivity contribution in [1.82, 2.24) is 19.9 Å². The summed E-state index contributed by atoms with van der Waals surface area (Å²) in [7, 11) is 0. The van der Waals surface area contributed by atoms with E-state index in [1.165, 1.54) is 0 Å². The maximum absolute atomic E-state index is 12.6. The number of amides is 1. The fourth-order valence-electron chi connectivity index (χ4n) is 3.63. The second-order valence-corrected chi connectivity index (χ2v) is 7.32. The number of para-hydroxylation sites is 1. The quantitative estimate of drug-likeness (QED) is 0.650. The van der Waals surface area contributed by atoms with Crippen LogP contribution < -0.4 is 15.4 Å². The zero-order valence-corrected chi connectivity index (χ0v) is 16.8. The minimum Gasteiger partial charge on any atom is -0.459 e. The number of hydrogen-bond acceptors (Lipinski definition) is 8. The van der Waals surface area contributed by atoms with Crippen molar-refractivity contribution in [3.8, 4) is 17.0 Å². The van der Waals surface area contributed by atoms with Gasteiger partial charge in [-0.2, -0.15) is 0 Å². The smallest absolute Gasteiger partial charge is 0.287 e.